The SMILES string of the molecule is CCCc1ccc(C(CN(C)C2CCOC2C)NC)cc1. The second kappa shape index (κ2) is 7.92. The first-order valence-corrected chi connectivity index (χ1v) is 8.23. The minimum Gasteiger partial charge on any atom is -0.377 e. The van der Waals surface area contributed by atoms with Crippen LogP contribution in [0.15, 0.2) is 24.3 Å². The Morgan fingerprint density at radius 2 is 2.05 bits per heavy atom. The van der Waals surface area contributed by atoms with E-state index in [-0.39, 0.29) is 0 Å². The van der Waals surface area contributed by atoms with Crippen LogP contribution in [0.3, 0.4) is 0 Å². The Morgan fingerprint density at radius 1 is 1.33 bits per heavy atom. The Labute approximate surface area is 129 Å². The Kier molecular flexibility index (Phi) is 6.22. The van der Waals surface area contributed by atoms with Gasteiger partial charge in [-0.25, -0.2) is 0 Å². The number of aryl methyl sites for hydroxylation is 1. The Balaban J connectivity index is 1.98. The first-order valence-electron chi connectivity index (χ1n) is 8.23. The standard InChI is InChI=1S/C18H30N2O/c1-5-6-15-7-9-16(10-8-15)17(19-3)13-20(4)18-11-12-21-14(18)2/h7-10,14,17-19H,5-6,11-13H2,1-4H3. The van der Waals surface area contributed by atoms with Gasteiger partial charge in [0.15, 0.2) is 0 Å². The van der Waals surface area contributed by atoms with Crippen molar-refractivity contribution in [3.05, 3.63) is 35.4 Å². The van der Waals surface area contributed by atoms with Crippen molar-refractivity contribution in [2.45, 2.75) is 51.3 Å². The zero-order valence-electron chi connectivity index (χ0n) is 13.9. The van der Waals surface area contributed by atoms with Crippen molar-refractivity contribution in [3.63, 3.8) is 0 Å². The lowest BCUT2D eigenvalue weighted by molar-refractivity contribution is 0.0806. The van der Waals surface area contributed by atoms with Crippen LogP contribution in [0.2, 0.25) is 0 Å². The predicted octanol–water partition coefficient (Wildman–Crippen LogP) is 3.01. The molecule has 1 aromatic rings. The molecule has 1 aliphatic heterocycles. The molecule has 0 saturated carbocycles. The number of rotatable bonds is 7. The lowest BCUT2D eigenvalue weighted by Crippen LogP contribution is -2.41. The number of nitrogens with zero attached hydrogens (tertiary/aromatic N) is 1. The largest absolute Gasteiger partial charge is 0.377 e. The van der Waals surface area contributed by atoms with Crippen molar-refractivity contribution in [1.82, 2.24) is 10.2 Å². The first-order chi connectivity index (χ1) is 10.2. The third-order valence-corrected chi connectivity index (χ3v) is 4.64. The summed E-state index contributed by atoms with van der Waals surface area (Å²) >= 11 is 0. The van der Waals surface area contributed by atoms with E-state index in [4.69, 9.17) is 4.74 Å². The van der Waals surface area contributed by atoms with Crippen LogP contribution in [0.5, 0.6) is 0 Å². The molecule has 1 saturated heterocycles. The maximum absolute atomic E-state index is 5.69. The molecule has 0 aromatic heterocycles. The van der Waals surface area contributed by atoms with Crippen molar-refractivity contribution in [2.24, 2.45) is 0 Å². The molecule has 21 heavy (non-hydrogen) atoms. The molecular formula is C18H30N2O. The van der Waals surface area contributed by atoms with Crippen molar-refractivity contribution in [1.29, 1.82) is 0 Å². The van der Waals surface area contributed by atoms with Crippen LogP contribution >= 0.6 is 0 Å². The van der Waals surface area contributed by atoms with Crippen LogP contribution in [-0.2, 0) is 11.2 Å². The van der Waals surface area contributed by atoms with Gasteiger partial charge in [-0.1, -0.05) is 37.6 Å². The molecule has 1 aliphatic rings. The number of benzene rings is 1. The average molecular weight is 290 g/mol. The van der Waals surface area contributed by atoms with E-state index in [1.165, 1.54) is 24.0 Å². The highest BCUT2D eigenvalue weighted by atomic mass is 16.5. The first kappa shape index (κ1) is 16.5. The topological polar surface area (TPSA) is 24.5 Å². The van der Waals surface area contributed by atoms with E-state index in [2.05, 4.69) is 55.4 Å². The van der Waals surface area contributed by atoms with Gasteiger partial charge in [0, 0.05) is 25.2 Å². The molecule has 118 valence electrons. The Hall–Kier alpha value is -0.900. The summed E-state index contributed by atoms with van der Waals surface area (Å²) in [7, 11) is 4.26. The van der Waals surface area contributed by atoms with Crippen molar-refractivity contribution >= 4 is 0 Å². The van der Waals surface area contributed by atoms with E-state index in [9.17, 15) is 0 Å². The van der Waals surface area contributed by atoms with Gasteiger partial charge in [0.2, 0.25) is 0 Å². The number of hydrogen-bond acceptors (Lipinski definition) is 3. The van der Waals surface area contributed by atoms with Gasteiger partial charge in [-0.15, -0.1) is 0 Å². The summed E-state index contributed by atoms with van der Waals surface area (Å²) in [5.41, 5.74) is 2.80. The van der Waals surface area contributed by atoms with E-state index >= 15 is 0 Å². The van der Waals surface area contributed by atoms with Crippen molar-refractivity contribution < 1.29 is 4.74 Å². The van der Waals surface area contributed by atoms with Crippen LogP contribution in [0.4, 0.5) is 0 Å². The van der Waals surface area contributed by atoms with Crippen LogP contribution in [-0.4, -0.2) is 44.3 Å². The number of nitrogens with one attached hydrogen (secondary N) is 1. The van der Waals surface area contributed by atoms with Crippen LogP contribution in [0.25, 0.3) is 0 Å². The number of likely N-dealkylation sites (N-methyl/N-ethyl adjacent to an activating group) is 2. The highest BCUT2D eigenvalue weighted by molar-refractivity contribution is 5.25. The fraction of sp³-hybridized carbons (Fsp3) is 0.667. The normalized spacial score (nSPS) is 23.7. The summed E-state index contributed by atoms with van der Waals surface area (Å²) in [6, 6.07) is 10.00. The third kappa shape index (κ3) is 4.29. The molecule has 3 heteroatoms. The van der Waals surface area contributed by atoms with Crippen LogP contribution in [0, 0.1) is 0 Å². The molecule has 3 nitrogen and oxygen atoms in total. The number of hydrogen-bond donors (Lipinski definition) is 1. The van der Waals surface area contributed by atoms with Gasteiger partial charge >= 0.3 is 0 Å². The van der Waals surface area contributed by atoms with E-state index in [0.29, 0.717) is 18.2 Å². The van der Waals surface area contributed by atoms with Gasteiger partial charge in [0.25, 0.3) is 0 Å². The summed E-state index contributed by atoms with van der Waals surface area (Å²) in [4.78, 5) is 2.44. The molecule has 0 bridgehead atoms. The highest BCUT2D eigenvalue weighted by Crippen LogP contribution is 2.22. The molecule has 0 spiro atoms. The summed E-state index contributed by atoms with van der Waals surface area (Å²) in [6.07, 6.45) is 3.86. The molecule has 1 N–H and O–H groups in total. The fourth-order valence-electron chi connectivity index (χ4n) is 3.29. The zero-order chi connectivity index (χ0) is 15.2. The predicted molar refractivity (Wildman–Crippen MR) is 88.7 cm³/mol. The molecule has 0 aliphatic carbocycles. The fourth-order valence-corrected chi connectivity index (χ4v) is 3.29. The highest BCUT2D eigenvalue weighted by Gasteiger charge is 2.29. The minimum atomic E-state index is 0.347. The molecule has 0 radical (unpaired) electrons. The van der Waals surface area contributed by atoms with E-state index in [0.717, 1.165) is 19.6 Å². The maximum Gasteiger partial charge on any atom is 0.0702 e. The summed E-state index contributed by atoms with van der Waals surface area (Å²) in [5.74, 6) is 0. The van der Waals surface area contributed by atoms with Gasteiger partial charge in [-0.2, -0.15) is 0 Å². The molecule has 3 atom stereocenters. The van der Waals surface area contributed by atoms with E-state index < -0.39 is 0 Å². The summed E-state index contributed by atoms with van der Waals surface area (Å²) in [6.45, 7) is 6.32. The summed E-state index contributed by atoms with van der Waals surface area (Å²) < 4.78 is 5.69. The minimum absolute atomic E-state index is 0.347. The molecule has 1 aromatic carbocycles. The molecular weight excluding hydrogens is 260 g/mol. The van der Waals surface area contributed by atoms with E-state index in [1.807, 2.05) is 7.05 Å². The molecule has 3 unspecified atom stereocenters. The Morgan fingerprint density at radius 3 is 2.57 bits per heavy atom. The van der Waals surface area contributed by atoms with Gasteiger partial charge < -0.3 is 10.1 Å². The van der Waals surface area contributed by atoms with Crippen LogP contribution in [0.1, 0.15) is 43.9 Å². The molecule has 1 heterocycles. The van der Waals surface area contributed by atoms with Crippen LogP contribution < -0.4 is 5.32 Å². The van der Waals surface area contributed by atoms with Gasteiger partial charge in [-0.3, -0.25) is 4.90 Å². The second-order valence-electron chi connectivity index (χ2n) is 6.20. The molecule has 0 amide bonds. The lowest BCUT2D eigenvalue weighted by atomic mass is 10.0. The van der Waals surface area contributed by atoms with Crippen molar-refractivity contribution in [2.75, 3.05) is 27.2 Å². The molecule has 1 fully saturated rings. The maximum atomic E-state index is 5.69. The second-order valence-corrected chi connectivity index (χ2v) is 6.20. The average Bonchev–Trinajstić information content (AvgIpc) is 2.92. The number of ether oxygens (including phenoxy) is 1. The third-order valence-electron chi connectivity index (χ3n) is 4.64. The van der Waals surface area contributed by atoms with E-state index in [1.54, 1.807) is 0 Å². The lowest BCUT2D eigenvalue weighted by Gasteiger charge is -2.30. The van der Waals surface area contributed by atoms with Crippen molar-refractivity contribution in [3.8, 4) is 0 Å². The van der Waals surface area contributed by atoms with Gasteiger partial charge in [0.1, 0.15) is 0 Å². The monoisotopic (exact) mass is 290 g/mol. The van der Waals surface area contributed by atoms with Gasteiger partial charge in [-0.05, 0) is 45.0 Å². The quantitative estimate of drug-likeness (QED) is 0.835. The Bertz CT molecular complexity index is 418. The zero-order valence-corrected chi connectivity index (χ0v) is 13.9. The summed E-state index contributed by atoms with van der Waals surface area (Å²) in [5, 5.41) is 3.46. The molecule has 2 rings (SSSR count). The smallest absolute Gasteiger partial charge is 0.0702 e. The van der Waals surface area contributed by atoms with Gasteiger partial charge in [0.05, 0.1) is 6.10 Å².